The van der Waals surface area contributed by atoms with Crippen LogP contribution in [0.1, 0.15) is 19.4 Å². The number of amides is 2. The molecule has 0 unspecified atom stereocenters. The Kier molecular flexibility index (Phi) is 7.67. The lowest BCUT2D eigenvalue weighted by Crippen LogP contribution is -2.47. The van der Waals surface area contributed by atoms with E-state index in [4.69, 9.17) is 9.47 Å². The first-order valence-corrected chi connectivity index (χ1v) is 8.94. The Morgan fingerprint density at radius 1 is 0.963 bits per heavy atom. The van der Waals surface area contributed by atoms with Crippen molar-refractivity contribution in [2.75, 3.05) is 18.5 Å². The molecule has 0 aliphatic carbocycles. The van der Waals surface area contributed by atoms with Crippen molar-refractivity contribution in [2.24, 2.45) is 5.92 Å². The van der Waals surface area contributed by atoms with E-state index in [-0.39, 0.29) is 19.1 Å². The second kappa shape index (κ2) is 10.2. The topological polar surface area (TPSA) is 76.7 Å². The molecule has 2 amide bonds. The van der Waals surface area contributed by atoms with Crippen molar-refractivity contribution < 1.29 is 19.1 Å². The van der Waals surface area contributed by atoms with Crippen molar-refractivity contribution in [1.82, 2.24) is 5.32 Å². The number of hydrogen-bond donors (Lipinski definition) is 2. The molecule has 27 heavy (non-hydrogen) atoms. The van der Waals surface area contributed by atoms with Crippen molar-refractivity contribution in [3.8, 4) is 5.75 Å². The maximum absolute atomic E-state index is 12.3. The predicted octanol–water partition coefficient (Wildman–Crippen LogP) is 3.76. The van der Waals surface area contributed by atoms with Crippen LogP contribution >= 0.6 is 0 Å². The molecule has 0 fully saturated rings. The fourth-order valence-electron chi connectivity index (χ4n) is 2.35. The summed E-state index contributed by atoms with van der Waals surface area (Å²) in [6.45, 7) is 6.04. The van der Waals surface area contributed by atoms with Gasteiger partial charge in [-0.05, 0) is 37.1 Å². The van der Waals surface area contributed by atoms with Gasteiger partial charge in [-0.3, -0.25) is 0 Å². The van der Waals surface area contributed by atoms with E-state index in [2.05, 4.69) is 10.6 Å². The average molecular weight is 370 g/mol. The second-order valence-corrected chi connectivity index (χ2v) is 6.52. The summed E-state index contributed by atoms with van der Waals surface area (Å²) in [6.07, 6.45) is 0. The van der Waals surface area contributed by atoms with Gasteiger partial charge in [-0.1, -0.05) is 49.7 Å². The summed E-state index contributed by atoms with van der Waals surface area (Å²) < 4.78 is 10.8. The van der Waals surface area contributed by atoms with Gasteiger partial charge in [0.05, 0.1) is 0 Å². The number of carbonyl (C=O) groups is 2. The fourth-order valence-corrected chi connectivity index (χ4v) is 2.35. The molecule has 0 bridgehead atoms. The van der Waals surface area contributed by atoms with Crippen molar-refractivity contribution in [3.05, 3.63) is 60.2 Å². The van der Waals surface area contributed by atoms with Crippen LogP contribution in [0.2, 0.25) is 0 Å². The van der Waals surface area contributed by atoms with Gasteiger partial charge >= 0.3 is 12.0 Å². The van der Waals surface area contributed by atoms with Crippen LogP contribution in [0.5, 0.6) is 5.75 Å². The number of hydrogen-bond acceptors (Lipinski definition) is 4. The molecule has 6 heteroatoms. The fraction of sp³-hybridized carbons (Fsp3) is 0.333. The lowest BCUT2D eigenvalue weighted by atomic mass is 10.1. The summed E-state index contributed by atoms with van der Waals surface area (Å²) in [6, 6.07) is 15.5. The van der Waals surface area contributed by atoms with E-state index in [1.54, 1.807) is 12.1 Å². The molecule has 0 saturated carbocycles. The Morgan fingerprint density at radius 3 is 2.26 bits per heavy atom. The summed E-state index contributed by atoms with van der Waals surface area (Å²) in [5.74, 6) is 0.121. The maximum atomic E-state index is 12.3. The van der Waals surface area contributed by atoms with Crippen LogP contribution in [-0.4, -0.2) is 31.3 Å². The summed E-state index contributed by atoms with van der Waals surface area (Å²) in [7, 11) is 0. The van der Waals surface area contributed by atoms with Crippen LogP contribution in [-0.2, 0) is 9.53 Å². The first kappa shape index (κ1) is 20.3. The third kappa shape index (κ3) is 7.01. The molecule has 0 heterocycles. The van der Waals surface area contributed by atoms with Crippen molar-refractivity contribution in [3.63, 3.8) is 0 Å². The van der Waals surface area contributed by atoms with Crippen LogP contribution in [0.25, 0.3) is 0 Å². The lowest BCUT2D eigenvalue weighted by molar-refractivity contribution is -0.147. The van der Waals surface area contributed by atoms with Gasteiger partial charge < -0.3 is 20.1 Å². The summed E-state index contributed by atoms with van der Waals surface area (Å²) >= 11 is 0. The zero-order chi connectivity index (χ0) is 19.6. The van der Waals surface area contributed by atoms with Gasteiger partial charge in [0.25, 0.3) is 0 Å². The SMILES string of the molecule is Cc1ccc(OCCOC(=O)[C@H](NC(=O)Nc2ccccc2)C(C)C)cc1. The molecule has 0 radical (unpaired) electrons. The van der Waals surface area contributed by atoms with Crippen molar-refractivity contribution in [1.29, 1.82) is 0 Å². The Labute approximate surface area is 159 Å². The van der Waals surface area contributed by atoms with Gasteiger partial charge in [-0.15, -0.1) is 0 Å². The monoisotopic (exact) mass is 370 g/mol. The van der Waals surface area contributed by atoms with E-state index in [1.807, 2.05) is 63.2 Å². The predicted molar refractivity (Wildman–Crippen MR) is 105 cm³/mol. The third-order valence-electron chi connectivity index (χ3n) is 3.86. The van der Waals surface area contributed by atoms with Gasteiger partial charge in [0.2, 0.25) is 0 Å². The van der Waals surface area contributed by atoms with Crippen LogP contribution in [0.3, 0.4) is 0 Å². The second-order valence-electron chi connectivity index (χ2n) is 6.52. The number of urea groups is 1. The summed E-state index contributed by atoms with van der Waals surface area (Å²) in [5.41, 5.74) is 1.80. The third-order valence-corrected chi connectivity index (χ3v) is 3.86. The highest BCUT2D eigenvalue weighted by atomic mass is 16.6. The smallest absolute Gasteiger partial charge is 0.329 e. The molecular weight excluding hydrogens is 344 g/mol. The molecule has 0 aliphatic rings. The number of aryl methyl sites for hydroxylation is 1. The van der Waals surface area contributed by atoms with Gasteiger partial charge in [0.15, 0.2) is 0 Å². The molecule has 2 aromatic rings. The molecule has 0 saturated heterocycles. The Morgan fingerprint density at radius 2 is 1.63 bits per heavy atom. The van der Waals surface area contributed by atoms with Crippen LogP contribution < -0.4 is 15.4 Å². The molecule has 2 aromatic carbocycles. The lowest BCUT2D eigenvalue weighted by Gasteiger charge is -2.21. The molecule has 6 nitrogen and oxygen atoms in total. The van der Waals surface area contributed by atoms with Crippen LogP contribution in [0.15, 0.2) is 54.6 Å². The van der Waals surface area contributed by atoms with E-state index in [0.717, 1.165) is 11.3 Å². The van der Waals surface area contributed by atoms with E-state index in [0.29, 0.717) is 5.69 Å². The summed E-state index contributed by atoms with van der Waals surface area (Å²) in [4.78, 5) is 24.4. The summed E-state index contributed by atoms with van der Waals surface area (Å²) in [5, 5.41) is 5.36. The standard InChI is InChI=1S/C21H26N2O4/c1-15(2)19(23-21(25)22-17-7-5-4-6-8-17)20(24)27-14-13-26-18-11-9-16(3)10-12-18/h4-12,15,19H,13-14H2,1-3H3,(H2,22,23,25)/t19-/m1/s1. The van der Waals surface area contributed by atoms with Crippen molar-refractivity contribution in [2.45, 2.75) is 26.8 Å². The van der Waals surface area contributed by atoms with Crippen LogP contribution in [0, 0.1) is 12.8 Å². The van der Waals surface area contributed by atoms with Gasteiger partial charge in [0.1, 0.15) is 25.0 Å². The number of esters is 1. The number of carbonyl (C=O) groups excluding carboxylic acids is 2. The van der Waals surface area contributed by atoms with Gasteiger partial charge in [-0.2, -0.15) is 0 Å². The van der Waals surface area contributed by atoms with Crippen LogP contribution in [0.4, 0.5) is 10.5 Å². The highest BCUT2D eigenvalue weighted by molar-refractivity contribution is 5.92. The van der Waals surface area contributed by atoms with E-state index < -0.39 is 18.0 Å². The maximum Gasteiger partial charge on any atom is 0.329 e. The number of para-hydroxylation sites is 1. The first-order chi connectivity index (χ1) is 13.0. The number of rotatable bonds is 8. The molecule has 2 rings (SSSR count). The number of benzene rings is 2. The molecule has 2 N–H and O–H groups in total. The molecule has 144 valence electrons. The minimum atomic E-state index is -0.743. The Balaban J connectivity index is 1.78. The normalized spacial score (nSPS) is 11.6. The highest BCUT2D eigenvalue weighted by Gasteiger charge is 2.25. The molecule has 0 spiro atoms. The molecule has 1 atom stereocenters. The zero-order valence-electron chi connectivity index (χ0n) is 15.9. The number of ether oxygens (including phenoxy) is 2. The average Bonchev–Trinajstić information content (AvgIpc) is 2.65. The first-order valence-electron chi connectivity index (χ1n) is 8.94. The largest absolute Gasteiger partial charge is 0.490 e. The quantitative estimate of drug-likeness (QED) is 0.548. The van der Waals surface area contributed by atoms with E-state index in [1.165, 1.54) is 0 Å². The molecule has 0 aliphatic heterocycles. The number of nitrogens with one attached hydrogen (secondary N) is 2. The molecular formula is C21H26N2O4. The Bertz CT molecular complexity index is 730. The van der Waals surface area contributed by atoms with Gasteiger partial charge in [-0.25, -0.2) is 9.59 Å². The number of anilines is 1. The van der Waals surface area contributed by atoms with E-state index >= 15 is 0 Å². The van der Waals surface area contributed by atoms with Crippen molar-refractivity contribution >= 4 is 17.7 Å². The Hall–Kier alpha value is -3.02. The van der Waals surface area contributed by atoms with Gasteiger partial charge in [0, 0.05) is 5.69 Å². The molecule has 0 aromatic heterocycles. The minimum absolute atomic E-state index is 0.109. The van der Waals surface area contributed by atoms with E-state index in [9.17, 15) is 9.59 Å². The minimum Gasteiger partial charge on any atom is -0.490 e. The zero-order valence-corrected chi connectivity index (χ0v) is 15.9. The highest BCUT2D eigenvalue weighted by Crippen LogP contribution is 2.11.